The summed E-state index contributed by atoms with van der Waals surface area (Å²) in [6.07, 6.45) is 4.22. The number of aromatic nitrogens is 1. The molecule has 2 aliphatic rings. The van der Waals surface area contributed by atoms with Gasteiger partial charge in [0, 0.05) is 30.7 Å². The second kappa shape index (κ2) is 6.65. The van der Waals surface area contributed by atoms with Crippen LogP contribution in [0.3, 0.4) is 0 Å². The third kappa shape index (κ3) is 2.98. The molecule has 2 saturated heterocycles. The number of para-hydroxylation sites is 1. The van der Waals surface area contributed by atoms with Crippen molar-refractivity contribution in [2.24, 2.45) is 5.41 Å². The van der Waals surface area contributed by atoms with E-state index in [1.165, 1.54) is 0 Å². The van der Waals surface area contributed by atoms with E-state index < -0.39 is 0 Å². The molecule has 0 bridgehead atoms. The van der Waals surface area contributed by atoms with Gasteiger partial charge in [-0.2, -0.15) is 0 Å². The van der Waals surface area contributed by atoms with Gasteiger partial charge in [0.2, 0.25) is 5.91 Å². The van der Waals surface area contributed by atoms with Crippen LogP contribution in [0.1, 0.15) is 31.4 Å². The second-order valence-corrected chi connectivity index (χ2v) is 7.69. The number of hydrogen-bond acceptors (Lipinski definition) is 4. The molecule has 24 heavy (non-hydrogen) atoms. The van der Waals surface area contributed by atoms with Gasteiger partial charge < -0.3 is 4.90 Å². The minimum absolute atomic E-state index is 0.206. The van der Waals surface area contributed by atoms with Gasteiger partial charge in [-0.25, -0.2) is 4.98 Å². The highest BCUT2D eigenvalue weighted by atomic mass is 32.1. The molecule has 2 fully saturated rings. The van der Waals surface area contributed by atoms with Gasteiger partial charge in [-0.3, -0.25) is 9.69 Å². The molecule has 2 aromatic rings. The summed E-state index contributed by atoms with van der Waals surface area (Å²) in [6.45, 7) is 3.64. The Balaban J connectivity index is 1.53. The molecule has 1 spiro atoms. The van der Waals surface area contributed by atoms with Gasteiger partial charge in [0.15, 0.2) is 0 Å². The quantitative estimate of drug-likeness (QED) is 0.856. The maximum Gasteiger partial charge on any atom is 0.234 e. The number of piperidine rings is 2. The van der Waals surface area contributed by atoms with E-state index >= 15 is 0 Å². The van der Waals surface area contributed by atoms with Crippen LogP contribution in [0.4, 0.5) is 5.69 Å². The van der Waals surface area contributed by atoms with E-state index in [0.29, 0.717) is 5.91 Å². The number of amides is 1. The van der Waals surface area contributed by atoms with Crippen LogP contribution in [0, 0.1) is 5.41 Å². The minimum atomic E-state index is -0.206. The largest absolute Gasteiger partial charge is 0.312 e. The van der Waals surface area contributed by atoms with Crippen LogP contribution in [-0.4, -0.2) is 35.4 Å². The Kier molecular flexibility index (Phi) is 4.37. The lowest BCUT2D eigenvalue weighted by Gasteiger charge is -2.47. The van der Waals surface area contributed by atoms with Crippen molar-refractivity contribution in [3.63, 3.8) is 0 Å². The zero-order valence-corrected chi connectivity index (χ0v) is 14.7. The Bertz CT molecular complexity index is 684. The van der Waals surface area contributed by atoms with Crippen molar-refractivity contribution in [3.05, 3.63) is 46.9 Å². The van der Waals surface area contributed by atoms with Gasteiger partial charge in [-0.1, -0.05) is 18.2 Å². The van der Waals surface area contributed by atoms with Crippen molar-refractivity contribution in [1.82, 2.24) is 9.88 Å². The van der Waals surface area contributed by atoms with Crippen LogP contribution in [0.15, 0.2) is 41.2 Å². The lowest BCUT2D eigenvalue weighted by Crippen LogP contribution is -2.56. The van der Waals surface area contributed by atoms with Crippen LogP contribution >= 0.6 is 11.3 Å². The molecule has 126 valence electrons. The molecule has 0 saturated carbocycles. The average molecular weight is 341 g/mol. The first kappa shape index (κ1) is 15.8. The molecule has 1 amide bonds. The molecule has 5 heteroatoms. The van der Waals surface area contributed by atoms with Gasteiger partial charge in [0.05, 0.1) is 16.6 Å². The standard InChI is InChI=1S/C19H23N3OS/c23-18-19(9-5-11-22(18)17-6-2-1-3-7-17)8-4-10-21(14-19)12-16-13-24-15-20-16/h1-3,6-7,13,15H,4-5,8-12,14H2. The third-order valence-corrected chi connectivity index (χ3v) is 5.96. The number of anilines is 1. The Morgan fingerprint density at radius 2 is 1.92 bits per heavy atom. The molecular weight excluding hydrogens is 318 g/mol. The lowest BCUT2D eigenvalue weighted by molar-refractivity contribution is -0.134. The van der Waals surface area contributed by atoms with E-state index in [2.05, 4.69) is 15.3 Å². The molecule has 2 aliphatic heterocycles. The van der Waals surface area contributed by atoms with Crippen LogP contribution in [-0.2, 0) is 11.3 Å². The van der Waals surface area contributed by atoms with Crippen LogP contribution in [0.25, 0.3) is 0 Å². The van der Waals surface area contributed by atoms with Crippen molar-refractivity contribution in [1.29, 1.82) is 0 Å². The topological polar surface area (TPSA) is 36.4 Å². The summed E-state index contributed by atoms with van der Waals surface area (Å²) < 4.78 is 0. The van der Waals surface area contributed by atoms with E-state index in [4.69, 9.17) is 0 Å². The zero-order valence-electron chi connectivity index (χ0n) is 13.9. The molecule has 0 N–H and O–H groups in total. The van der Waals surface area contributed by atoms with Gasteiger partial charge >= 0.3 is 0 Å². The molecule has 0 radical (unpaired) electrons. The summed E-state index contributed by atoms with van der Waals surface area (Å²) in [5.74, 6) is 0.322. The molecule has 4 nitrogen and oxygen atoms in total. The van der Waals surface area contributed by atoms with E-state index in [-0.39, 0.29) is 5.41 Å². The molecule has 1 aromatic heterocycles. The van der Waals surface area contributed by atoms with Crippen LogP contribution in [0.5, 0.6) is 0 Å². The fourth-order valence-electron chi connectivity index (χ4n) is 4.21. The SMILES string of the molecule is O=C1N(c2ccccc2)CCCC12CCCN(Cc1cscn1)C2. The second-order valence-electron chi connectivity index (χ2n) is 6.97. The number of carbonyl (C=O) groups excluding carboxylic acids is 1. The maximum absolute atomic E-state index is 13.3. The van der Waals surface area contributed by atoms with Crippen molar-refractivity contribution in [3.8, 4) is 0 Å². The van der Waals surface area contributed by atoms with Crippen molar-refractivity contribution < 1.29 is 4.79 Å². The van der Waals surface area contributed by atoms with Crippen molar-refractivity contribution in [2.75, 3.05) is 24.5 Å². The molecule has 1 unspecified atom stereocenters. The summed E-state index contributed by atoms with van der Waals surface area (Å²) in [7, 11) is 0. The van der Waals surface area contributed by atoms with Gasteiger partial charge in [0.25, 0.3) is 0 Å². The number of likely N-dealkylation sites (tertiary alicyclic amines) is 1. The molecule has 3 heterocycles. The van der Waals surface area contributed by atoms with E-state index in [1.54, 1.807) is 11.3 Å². The fourth-order valence-corrected chi connectivity index (χ4v) is 4.76. The Labute approximate surface area is 147 Å². The maximum atomic E-state index is 13.3. The molecule has 1 atom stereocenters. The smallest absolute Gasteiger partial charge is 0.234 e. The number of rotatable bonds is 3. The summed E-state index contributed by atoms with van der Waals surface area (Å²) in [5, 5.41) is 2.11. The monoisotopic (exact) mass is 341 g/mol. The third-order valence-electron chi connectivity index (χ3n) is 5.33. The summed E-state index contributed by atoms with van der Waals surface area (Å²) in [4.78, 5) is 22.2. The summed E-state index contributed by atoms with van der Waals surface area (Å²) in [5.41, 5.74) is 3.85. The first-order chi connectivity index (χ1) is 11.8. The highest BCUT2D eigenvalue weighted by Crippen LogP contribution is 2.41. The first-order valence-corrected chi connectivity index (χ1v) is 9.68. The van der Waals surface area contributed by atoms with E-state index in [9.17, 15) is 4.79 Å². The summed E-state index contributed by atoms with van der Waals surface area (Å²) >= 11 is 1.64. The highest BCUT2D eigenvalue weighted by Gasteiger charge is 2.46. The minimum Gasteiger partial charge on any atom is -0.312 e. The number of benzene rings is 1. The van der Waals surface area contributed by atoms with Crippen LogP contribution in [0.2, 0.25) is 0 Å². The number of thiazole rings is 1. The number of hydrogen-bond donors (Lipinski definition) is 0. The highest BCUT2D eigenvalue weighted by molar-refractivity contribution is 7.07. The average Bonchev–Trinajstić information content (AvgIpc) is 3.12. The van der Waals surface area contributed by atoms with E-state index in [0.717, 1.165) is 63.2 Å². The fraction of sp³-hybridized carbons (Fsp3) is 0.474. The normalized spacial score (nSPS) is 25.3. The molecular formula is C19H23N3OS. The van der Waals surface area contributed by atoms with Crippen molar-refractivity contribution in [2.45, 2.75) is 32.2 Å². The first-order valence-electron chi connectivity index (χ1n) is 8.73. The van der Waals surface area contributed by atoms with Gasteiger partial charge in [0.1, 0.15) is 0 Å². The zero-order chi connectivity index (χ0) is 16.4. The molecule has 1 aromatic carbocycles. The predicted molar refractivity (Wildman–Crippen MR) is 97.1 cm³/mol. The van der Waals surface area contributed by atoms with Crippen LogP contribution < -0.4 is 4.90 Å². The summed E-state index contributed by atoms with van der Waals surface area (Å²) in [6, 6.07) is 10.1. The Hall–Kier alpha value is -1.72. The Morgan fingerprint density at radius 1 is 1.12 bits per heavy atom. The lowest BCUT2D eigenvalue weighted by atomic mass is 9.72. The Morgan fingerprint density at radius 3 is 2.67 bits per heavy atom. The molecule has 4 rings (SSSR count). The number of carbonyl (C=O) groups is 1. The van der Waals surface area contributed by atoms with Gasteiger partial charge in [-0.15, -0.1) is 11.3 Å². The molecule has 0 aliphatic carbocycles. The van der Waals surface area contributed by atoms with Crippen molar-refractivity contribution >= 4 is 22.9 Å². The van der Waals surface area contributed by atoms with E-state index in [1.807, 2.05) is 40.7 Å². The number of nitrogens with zero attached hydrogens (tertiary/aromatic N) is 3. The van der Waals surface area contributed by atoms with Gasteiger partial charge in [-0.05, 0) is 44.4 Å². The predicted octanol–water partition coefficient (Wildman–Crippen LogP) is 3.55.